The van der Waals surface area contributed by atoms with Crippen LogP contribution in [0.5, 0.6) is 0 Å². The number of hydrogen-bond acceptors (Lipinski definition) is 6. The Hall–Kier alpha value is -3.41. The monoisotopic (exact) mass is 371 g/mol. The van der Waals surface area contributed by atoms with E-state index in [0.717, 1.165) is 35.4 Å². The molecule has 0 atom stereocenters. The molecule has 140 valence electrons. The molecule has 1 fully saturated rings. The van der Waals surface area contributed by atoms with Crippen molar-refractivity contribution in [3.8, 4) is 11.3 Å². The second-order valence-corrected chi connectivity index (χ2v) is 7.02. The largest absolute Gasteiger partial charge is 0.372 e. The highest BCUT2D eigenvalue weighted by Gasteiger charge is 2.17. The minimum atomic E-state index is 0.473. The molecule has 0 saturated carbocycles. The first-order chi connectivity index (χ1) is 13.9. The number of benzene rings is 2. The Morgan fingerprint density at radius 3 is 2.43 bits per heavy atom. The van der Waals surface area contributed by atoms with Gasteiger partial charge >= 0.3 is 0 Å². The molecule has 0 radical (unpaired) electrons. The Bertz CT molecular complexity index is 1070. The fourth-order valence-corrected chi connectivity index (χ4v) is 3.72. The zero-order valence-corrected chi connectivity index (χ0v) is 15.5. The van der Waals surface area contributed by atoms with Gasteiger partial charge in [-0.1, -0.05) is 35.5 Å². The lowest BCUT2D eigenvalue weighted by Gasteiger charge is -2.28. The molecule has 0 spiro atoms. The second-order valence-electron chi connectivity index (χ2n) is 7.02. The maximum Gasteiger partial charge on any atom is 0.263 e. The maximum absolute atomic E-state index is 5.43. The van der Waals surface area contributed by atoms with E-state index in [9.17, 15) is 0 Å². The molecule has 0 aliphatic carbocycles. The summed E-state index contributed by atoms with van der Waals surface area (Å²) in [5.74, 6) is 0.691. The van der Waals surface area contributed by atoms with Crippen LogP contribution in [0.1, 0.15) is 19.3 Å². The van der Waals surface area contributed by atoms with Crippen molar-refractivity contribution in [1.29, 1.82) is 0 Å². The summed E-state index contributed by atoms with van der Waals surface area (Å²) in [6.07, 6.45) is 5.37. The summed E-state index contributed by atoms with van der Waals surface area (Å²) in [4.78, 5) is 11.1. The quantitative estimate of drug-likeness (QED) is 0.543. The number of nitrogens with zero attached hydrogens (tertiary/aromatic N) is 4. The van der Waals surface area contributed by atoms with Gasteiger partial charge in [0.1, 0.15) is 23.2 Å². The van der Waals surface area contributed by atoms with Gasteiger partial charge < -0.3 is 14.7 Å². The van der Waals surface area contributed by atoms with Gasteiger partial charge in [-0.15, -0.1) is 0 Å². The van der Waals surface area contributed by atoms with E-state index < -0.39 is 0 Å². The Morgan fingerprint density at radius 1 is 0.857 bits per heavy atom. The Labute approximate surface area is 163 Å². The SMILES string of the molecule is c1ccc(-c2noc3ncnc(Nc4ccc(N5CCCCC5)cc4)c23)cc1. The summed E-state index contributed by atoms with van der Waals surface area (Å²) < 4.78 is 5.43. The third-order valence-electron chi connectivity index (χ3n) is 5.17. The van der Waals surface area contributed by atoms with E-state index in [1.54, 1.807) is 0 Å². The molecule has 0 amide bonds. The molecule has 3 heterocycles. The lowest BCUT2D eigenvalue weighted by molar-refractivity contribution is 0.451. The van der Waals surface area contributed by atoms with E-state index in [0.29, 0.717) is 11.5 Å². The van der Waals surface area contributed by atoms with Crippen LogP contribution in [0, 0.1) is 0 Å². The number of aromatic nitrogens is 3. The summed E-state index contributed by atoms with van der Waals surface area (Å²) in [5.41, 5.74) is 4.43. The minimum Gasteiger partial charge on any atom is -0.372 e. The van der Waals surface area contributed by atoms with Crippen molar-refractivity contribution in [1.82, 2.24) is 15.1 Å². The number of rotatable bonds is 4. The highest BCUT2D eigenvalue weighted by Crippen LogP contribution is 2.33. The maximum atomic E-state index is 5.43. The van der Waals surface area contributed by atoms with Crippen molar-refractivity contribution in [3.05, 3.63) is 60.9 Å². The Kier molecular flexibility index (Phi) is 4.37. The topological polar surface area (TPSA) is 67.1 Å². The van der Waals surface area contributed by atoms with Gasteiger partial charge in [-0.3, -0.25) is 0 Å². The summed E-state index contributed by atoms with van der Waals surface area (Å²) in [5, 5.41) is 8.41. The van der Waals surface area contributed by atoms with Crippen molar-refractivity contribution in [2.75, 3.05) is 23.3 Å². The fraction of sp³-hybridized carbons (Fsp3) is 0.227. The highest BCUT2D eigenvalue weighted by atomic mass is 16.5. The van der Waals surface area contributed by atoms with Crippen molar-refractivity contribution in [2.45, 2.75) is 19.3 Å². The highest BCUT2D eigenvalue weighted by molar-refractivity contribution is 5.98. The van der Waals surface area contributed by atoms with Crippen LogP contribution in [0.25, 0.3) is 22.4 Å². The lowest BCUT2D eigenvalue weighted by atomic mass is 10.1. The van der Waals surface area contributed by atoms with Crippen molar-refractivity contribution >= 4 is 28.3 Å². The molecule has 1 N–H and O–H groups in total. The van der Waals surface area contributed by atoms with Gasteiger partial charge in [0, 0.05) is 30.0 Å². The van der Waals surface area contributed by atoms with E-state index >= 15 is 0 Å². The van der Waals surface area contributed by atoms with Gasteiger partial charge in [-0.25, -0.2) is 4.98 Å². The molecule has 4 aromatic rings. The first-order valence-corrected chi connectivity index (χ1v) is 9.66. The lowest BCUT2D eigenvalue weighted by Crippen LogP contribution is -2.29. The molecule has 6 nitrogen and oxygen atoms in total. The van der Waals surface area contributed by atoms with Gasteiger partial charge in [-0.2, -0.15) is 4.98 Å². The molecule has 1 aliphatic rings. The number of anilines is 3. The zero-order chi connectivity index (χ0) is 18.8. The summed E-state index contributed by atoms with van der Waals surface area (Å²) in [7, 11) is 0. The molecule has 6 heteroatoms. The molecule has 2 aromatic heterocycles. The molecular weight excluding hydrogens is 350 g/mol. The van der Waals surface area contributed by atoms with Crippen LogP contribution in [0.3, 0.4) is 0 Å². The van der Waals surface area contributed by atoms with Gasteiger partial charge in [0.15, 0.2) is 0 Å². The van der Waals surface area contributed by atoms with E-state index in [-0.39, 0.29) is 0 Å². The molecule has 0 bridgehead atoms. The first-order valence-electron chi connectivity index (χ1n) is 9.66. The Balaban J connectivity index is 1.46. The summed E-state index contributed by atoms with van der Waals surface area (Å²) in [6, 6.07) is 18.4. The zero-order valence-electron chi connectivity index (χ0n) is 15.5. The predicted molar refractivity (Wildman–Crippen MR) is 111 cm³/mol. The van der Waals surface area contributed by atoms with E-state index in [1.807, 2.05) is 30.3 Å². The van der Waals surface area contributed by atoms with Crippen LogP contribution in [0.4, 0.5) is 17.2 Å². The molecular formula is C22H21N5O. The van der Waals surface area contributed by atoms with Crippen LogP contribution < -0.4 is 10.2 Å². The molecule has 1 saturated heterocycles. The van der Waals surface area contributed by atoms with Crippen molar-refractivity contribution in [2.24, 2.45) is 0 Å². The number of hydrogen-bond donors (Lipinski definition) is 1. The van der Waals surface area contributed by atoms with E-state index in [4.69, 9.17) is 4.52 Å². The second kappa shape index (κ2) is 7.31. The predicted octanol–water partition coefficient (Wildman–Crippen LogP) is 5.02. The Morgan fingerprint density at radius 2 is 1.64 bits per heavy atom. The standard InChI is InChI=1S/C22H21N5O/c1-3-7-16(8-4-1)20-19-21(23-15-24-22(19)28-26-20)25-17-9-11-18(12-10-17)27-13-5-2-6-14-27/h1,3-4,7-12,15H,2,5-6,13-14H2,(H,23,24,25). The molecule has 28 heavy (non-hydrogen) atoms. The van der Waals surface area contributed by atoms with Gasteiger partial charge in [-0.05, 0) is 43.5 Å². The average Bonchev–Trinajstić information content (AvgIpc) is 3.21. The van der Waals surface area contributed by atoms with E-state index in [1.165, 1.54) is 31.3 Å². The van der Waals surface area contributed by atoms with E-state index in [2.05, 4.69) is 49.6 Å². The molecule has 0 unspecified atom stereocenters. The van der Waals surface area contributed by atoms with Crippen LogP contribution in [-0.4, -0.2) is 28.2 Å². The van der Waals surface area contributed by atoms with Crippen LogP contribution in [0.2, 0.25) is 0 Å². The number of nitrogens with one attached hydrogen (secondary N) is 1. The van der Waals surface area contributed by atoms with Gasteiger partial charge in [0.25, 0.3) is 5.71 Å². The average molecular weight is 371 g/mol. The van der Waals surface area contributed by atoms with Crippen molar-refractivity contribution < 1.29 is 4.52 Å². The number of fused-ring (bicyclic) bond motifs is 1. The number of piperidine rings is 1. The molecule has 2 aromatic carbocycles. The summed E-state index contributed by atoms with van der Waals surface area (Å²) >= 11 is 0. The molecule has 1 aliphatic heterocycles. The van der Waals surface area contributed by atoms with Crippen LogP contribution in [-0.2, 0) is 0 Å². The van der Waals surface area contributed by atoms with Crippen LogP contribution in [0.15, 0.2) is 65.4 Å². The first kappa shape index (κ1) is 16.7. The summed E-state index contributed by atoms with van der Waals surface area (Å²) in [6.45, 7) is 2.28. The third kappa shape index (κ3) is 3.17. The normalized spacial score (nSPS) is 14.4. The van der Waals surface area contributed by atoms with Gasteiger partial charge in [0.05, 0.1) is 0 Å². The third-order valence-corrected chi connectivity index (χ3v) is 5.17. The van der Waals surface area contributed by atoms with Gasteiger partial charge in [0.2, 0.25) is 0 Å². The fourth-order valence-electron chi connectivity index (χ4n) is 3.72. The van der Waals surface area contributed by atoms with Crippen molar-refractivity contribution in [3.63, 3.8) is 0 Å². The minimum absolute atomic E-state index is 0.473. The smallest absolute Gasteiger partial charge is 0.263 e. The van der Waals surface area contributed by atoms with Crippen LogP contribution >= 0.6 is 0 Å². The molecule has 5 rings (SSSR count).